The molecule has 14 heavy (non-hydrogen) atoms. The van der Waals surface area contributed by atoms with Crippen LogP contribution in [0, 0.1) is 5.92 Å². The van der Waals surface area contributed by atoms with E-state index in [-0.39, 0.29) is 6.04 Å². The molecular formula is C11H23NOS. The highest BCUT2D eigenvalue weighted by Crippen LogP contribution is 2.21. The maximum Gasteiger partial charge on any atom is 0.0816 e. The fraction of sp³-hybridized carbons (Fsp3) is 1.00. The summed E-state index contributed by atoms with van der Waals surface area (Å²) in [6, 6.07) is 0.243. The second-order valence-corrected chi connectivity index (χ2v) is 5.22. The first kappa shape index (κ1) is 12.3. The van der Waals surface area contributed by atoms with E-state index in [4.69, 9.17) is 10.5 Å². The molecule has 0 aromatic rings. The minimum absolute atomic E-state index is 0.243. The molecule has 1 heterocycles. The number of hydrogen-bond donors (Lipinski definition) is 1. The molecule has 2 atom stereocenters. The Balaban J connectivity index is 2.27. The summed E-state index contributed by atoms with van der Waals surface area (Å²) in [6.07, 6.45) is 3.90. The van der Waals surface area contributed by atoms with Crippen LogP contribution in [-0.4, -0.2) is 30.3 Å². The molecule has 1 aliphatic rings. The van der Waals surface area contributed by atoms with E-state index in [0.717, 1.165) is 30.5 Å². The van der Waals surface area contributed by atoms with Crippen molar-refractivity contribution in [3.63, 3.8) is 0 Å². The first-order valence-electron chi connectivity index (χ1n) is 5.72. The van der Waals surface area contributed by atoms with E-state index in [1.54, 1.807) is 0 Å². The van der Waals surface area contributed by atoms with Crippen LogP contribution in [0.5, 0.6) is 0 Å². The fourth-order valence-electron chi connectivity index (χ4n) is 1.91. The predicted octanol–water partition coefficient (Wildman–Crippen LogP) is 2.27. The van der Waals surface area contributed by atoms with Gasteiger partial charge < -0.3 is 10.5 Å². The van der Waals surface area contributed by atoms with Gasteiger partial charge >= 0.3 is 0 Å². The van der Waals surface area contributed by atoms with Crippen LogP contribution in [0.15, 0.2) is 0 Å². The van der Waals surface area contributed by atoms with Crippen LogP contribution >= 0.6 is 11.8 Å². The van der Waals surface area contributed by atoms with E-state index in [2.05, 4.69) is 13.8 Å². The Morgan fingerprint density at radius 3 is 2.64 bits per heavy atom. The van der Waals surface area contributed by atoms with E-state index >= 15 is 0 Å². The molecule has 84 valence electrons. The van der Waals surface area contributed by atoms with Crippen LogP contribution in [0.1, 0.15) is 33.1 Å². The molecule has 2 nitrogen and oxygen atoms in total. The summed E-state index contributed by atoms with van der Waals surface area (Å²) in [7, 11) is 0. The van der Waals surface area contributed by atoms with E-state index in [1.165, 1.54) is 12.8 Å². The molecule has 0 bridgehead atoms. The highest BCUT2D eigenvalue weighted by Gasteiger charge is 2.23. The summed E-state index contributed by atoms with van der Waals surface area (Å²) < 4.78 is 5.68. The predicted molar refractivity (Wildman–Crippen MR) is 63.7 cm³/mol. The van der Waals surface area contributed by atoms with Gasteiger partial charge in [-0.15, -0.1) is 0 Å². The molecule has 0 amide bonds. The molecule has 1 rings (SSSR count). The average Bonchev–Trinajstić information content (AvgIpc) is 2.26. The van der Waals surface area contributed by atoms with E-state index in [0.29, 0.717) is 6.10 Å². The topological polar surface area (TPSA) is 35.2 Å². The van der Waals surface area contributed by atoms with Crippen LogP contribution in [-0.2, 0) is 4.74 Å². The van der Waals surface area contributed by atoms with E-state index < -0.39 is 0 Å². The largest absolute Gasteiger partial charge is 0.375 e. The average molecular weight is 217 g/mol. The minimum atomic E-state index is 0.243. The third-order valence-corrected chi connectivity index (χ3v) is 4.10. The Morgan fingerprint density at radius 1 is 1.43 bits per heavy atom. The van der Waals surface area contributed by atoms with E-state index in [9.17, 15) is 0 Å². The van der Waals surface area contributed by atoms with Gasteiger partial charge in [0.1, 0.15) is 0 Å². The Morgan fingerprint density at radius 2 is 2.14 bits per heavy atom. The maximum atomic E-state index is 6.16. The van der Waals surface area contributed by atoms with Gasteiger partial charge in [-0.2, -0.15) is 11.8 Å². The zero-order valence-corrected chi connectivity index (χ0v) is 10.2. The van der Waals surface area contributed by atoms with Crippen molar-refractivity contribution in [2.75, 3.05) is 18.1 Å². The lowest BCUT2D eigenvalue weighted by molar-refractivity contribution is 0.0505. The monoisotopic (exact) mass is 217 g/mol. The van der Waals surface area contributed by atoms with Crippen molar-refractivity contribution in [2.45, 2.75) is 45.3 Å². The Kier molecular flexibility index (Phi) is 5.90. The molecule has 1 saturated heterocycles. The fourth-order valence-corrected chi connectivity index (χ4v) is 2.87. The quantitative estimate of drug-likeness (QED) is 0.767. The first-order valence-corrected chi connectivity index (χ1v) is 6.88. The van der Waals surface area contributed by atoms with Crippen molar-refractivity contribution in [2.24, 2.45) is 11.7 Å². The van der Waals surface area contributed by atoms with Crippen LogP contribution in [0.25, 0.3) is 0 Å². The molecule has 0 spiro atoms. The normalized spacial score (nSPS) is 25.3. The summed E-state index contributed by atoms with van der Waals surface area (Å²) in [5, 5.41) is 0. The second kappa shape index (κ2) is 6.70. The molecule has 1 fully saturated rings. The first-order chi connectivity index (χ1) is 6.77. The van der Waals surface area contributed by atoms with Gasteiger partial charge in [-0.1, -0.05) is 26.7 Å². The highest BCUT2D eigenvalue weighted by atomic mass is 32.2. The molecule has 2 unspecified atom stereocenters. The van der Waals surface area contributed by atoms with Crippen LogP contribution in [0.2, 0.25) is 0 Å². The van der Waals surface area contributed by atoms with Gasteiger partial charge in [0.25, 0.3) is 0 Å². The van der Waals surface area contributed by atoms with Gasteiger partial charge in [-0.25, -0.2) is 0 Å². The van der Waals surface area contributed by atoms with Gasteiger partial charge in [-0.3, -0.25) is 0 Å². The van der Waals surface area contributed by atoms with E-state index in [1.807, 2.05) is 11.8 Å². The molecular weight excluding hydrogens is 194 g/mol. The lowest BCUT2D eigenvalue weighted by Crippen LogP contribution is -2.42. The summed E-state index contributed by atoms with van der Waals surface area (Å²) in [5.74, 6) is 3.00. The van der Waals surface area contributed by atoms with Crippen LogP contribution in [0.4, 0.5) is 0 Å². The lowest BCUT2D eigenvalue weighted by Gasteiger charge is -2.29. The number of ether oxygens (including phenoxy) is 1. The van der Waals surface area contributed by atoms with Gasteiger partial charge in [0.05, 0.1) is 12.7 Å². The maximum absolute atomic E-state index is 6.16. The Bertz CT molecular complexity index is 144. The van der Waals surface area contributed by atoms with Crippen molar-refractivity contribution in [3.8, 4) is 0 Å². The number of thioether (sulfide) groups is 1. The smallest absolute Gasteiger partial charge is 0.0816 e. The molecule has 2 N–H and O–H groups in total. The van der Waals surface area contributed by atoms with Crippen LogP contribution < -0.4 is 5.73 Å². The molecule has 0 aromatic heterocycles. The summed E-state index contributed by atoms with van der Waals surface area (Å²) >= 11 is 1.97. The SMILES string of the molecule is CCC(CC)CC(N)C1CSCCO1. The minimum Gasteiger partial charge on any atom is -0.375 e. The third kappa shape index (κ3) is 3.79. The second-order valence-electron chi connectivity index (χ2n) is 4.07. The molecule has 0 radical (unpaired) electrons. The van der Waals surface area contributed by atoms with Crippen molar-refractivity contribution in [3.05, 3.63) is 0 Å². The van der Waals surface area contributed by atoms with Crippen molar-refractivity contribution in [1.82, 2.24) is 0 Å². The molecule has 0 aromatic carbocycles. The van der Waals surface area contributed by atoms with Gasteiger partial charge in [0.15, 0.2) is 0 Å². The van der Waals surface area contributed by atoms with Crippen LogP contribution in [0.3, 0.4) is 0 Å². The van der Waals surface area contributed by atoms with Gasteiger partial charge in [0, 0.05) is 17.5 Å². The zero-order valence-electron chi connectivity index (χ0n) is 9.37. The van der Waals surface area contributed by atoms with Crippen molar-refractivity contribution >= 4 is 11.8 Å². The number of rotatable bonds is 5. The molecule has 3 heteroatoms. The van der Waals surface area contributed by atoms with Crippen molar-refractivity contribution in [1.29, 1.82) is 0 Å². The summed E-state index contributed by atoms with van der Waals surface area (Å²) in [4.78, 5) is 0. The lowest BCUT2D eigenvalue weighted by atomic mass is 9.93. The Labute approximate surface area is 92.0 Å². The Hall–Kier alpha value is 0.270. The summed E-state index contributed by atoms with van der Waals surface area (Å²) in [6.45, 7) is 5.38. The zero-order chi connectivity index (χ0) is 10.4. The number of hydrogen-bond acceptors (Lipinski definition) is 3. The molecule has 0 aliphatic carbocycles. The third-order valence-electron chi connectivity index (χ3n) is 3.08. The van der Waals surface area contributed by atoms with Crippen molar-refractivity contribution < 1.29 is 4.74 Å². The molecule has 1 aliphatic heterocycles. The standard InChI is InChI=1S/C11H23NOS/c1-3-9(4-2)7-10(12)11-8-14-6-5-13-11/h9-11H,3-8,12H2,1-2H3. The summed E-state index contributed by atoms with van der Waals surface area (Å²) in [5.41, 5.74) is 6.16. The molecule has 0 saturated carbocycles. The van der Waals surface area contributed by atoms with Gasteiger partial charge in [0.2, 0.25) is 0 Å². The highest BCUT2D eigenvalue weighted by molar-refractivity contribution is 7.99. The van der Waals surface area contributed by atoms with Gasteiger partial charge in [-0.05, 0) is 12.3 Å². The number of nitrogens with two attached hydrogens (primary N) is 1.